The lowest BCUT2D eigenvalue weighted by Gasteiger charge is -2.14. The Morgan fingerprint density at radius 1 is 1.50 bits per heavy atom. The van der Waals surface area contributed by atoms with Crippen molar-refractivity contribution in [2.45, 2.75) is 31.9 Å². The first-order valence-electron chi connectivity index (χ1n) is 6.43. The van der Waals surface area contributed by atoms with Crippen LogP contribution in [0.5, 0.6) is 0 Å². The van der Waals surface area contributed by atoms with Gasteiger partial charge in [0.15, 0.2) is 5.11 Å². The molecule has 2 N–H and O–H groups in total. The maximum Gasteiger partial charge on any atom is 0.166 e. The molecule has 2 rings (SSSR count). The number of nitrogens with one attached hydrogen (secondary N) is 2. The average Bonchev–Trinajstić information content (AvgIpc) is 3.04. The fraction of sp³-hybridized carbons (Fsp3) is 0.667. The highest BCUT2D eigenvalue weighted by molar-refractivity contribution is 7.80. The van der Waals surface area contributed by atoms with E-state index >= 15 is 0 Å². The van der Waals surface area contributed by atoms with Gasteiger partial charge in [0, 0.05) is 38.6 Å². The molecule has 0 spiro atoms. The first-order chi connectivity index (χ1) is 8.84. The molecule has 100 valence electrons. The van der Waals surface area contributed by atoms with Crippen molar-refractivity contribution in [1.82, 2.24) is 20.2 Å². The van der Waals surface area contributed by atoms with E-state index in [0.29, 0.717) is 6.10 Å². The first-order valence-corrected chi connectivity index (χ1v) is 6.84. The van der Waals surface area contributed by atoms with Crippen LogP contribution in [0, 0.1) is 0 Å². The Balaban J connectivity index is 1.49. The fourth-order valence-corrected chi connectivity index (χ4v) is 2.14. The second kappa shape index (κ2) is 7.33. The van der Waals surface area contributed by atoms with Gasteiger partial charge < -0.3 is 19.9 Å². The molecule has 0 amide bonds. The number of aryl methyl sites for hydroxylation is 1. The number of hydrogen-bond donors (Lipinski definition) is 2. The molecule has 1 aromatic rings. The molecule has 1 aromatic heterocycles. The number of hydrogen-bond acceptors (Lipinski definition) is 3. The Hall–Kier alpha value is -1.14. The summed E-state index contributed by atoms with van der Waals surface area (Å²) in [4.78, 5) is 4.00. The normalized spacial score (nSPS) is 18.8. The summed E-state index contributed by atoms with van der Waals surface area (Å²) < 4.78 is 7.58. The first kappa shape index (κ1) is 13.3. The minimum Gasteiger partial charge on any atom is -0.376 e. The summed E-state index contributed by atoms with van der Waals surface area (Å²) >= 11 is 5.21. The molecule has 1 aliphatic heterocycles. The minimum atomic E-state index is 0.329. The van der Waals surface area contributed by atoms with Crippen LogP contribution in [0.25, 0.3) is 0 Å². The van der Waals surface area contributed by atoms with Crippen molar-refractivity contribution < 1.29 is 4.74 Å². The van der Waals surface area contributed by atoms with Crippen molar-refractivity contribution in [2.75, 3.05) is 19.7 Å². The number of nitrogens with zero attached hydrogens (tertiary/aromatic N) is 2. The van der Waals surface area contributed by atoms with Gasteiger partial charge in [0.2, 0.25) is 0 Å². The summed E-state index contributed by atoms with van der Waals surface area (Å²) in [5, 5.41) is 7.11. The zero-order chi connectivity index (χ0) is 12.6. The maximum absolute atomic E-state index is 5.52. The third-order valence-corrected chi connectivity index (χ3v) is 3.24. The molecular formula is C12H20N4OS. The largest absolute Gasteiger partial charge is 0.376 e. The van der Waals surface area contributed by atoms with E-state index in [1.807, 2.05) is 12.5 Å². The van der Waals surface area contributed by atoms with E-state index in [1.165, 1.54) is 0 Å². The standard InChI is InChI=1S/C12H20N4OS/c18-12(15-9-11-3-1-8-17-11)14-4-2-6-16-7-5-13-10-16/h5,7,10-11H,1-4,6,8-9H2,(H2,14,15,18). The zero-order valence-corrected chi connectivity index (χ0v) is 11.3. The van der Waals surface area contributed by atoms with E-state index in [1.54, 1.807) is 6.20 Å². The third kappa shape index (κ3) is 4.62. The number of aromatic nitrogens is 2. The molecule has 6 heteroatoms. The second-order valence-corrected chi connectivity index (χ2v) is 4.83. The molecule has 0 aromatic carbocycles. The number of rotatable bonds is 6. The summed E-state index contributed by atoms with van der Waals surface area (Å²) in [7, 11) is 0. The fourth-order valence-electron chi connectivity index (χ4n) is 1.96. The van der Waals surface area contributed by atoms with Crippen LogP contribution in [-0.2, 0) is 11.3 Å². The molecule has 0 aliphatic carbocycles. The molecule has 0 bridgehead atoms. The van der Waals surface area contributed by atoms with Crippen molar-refractivity contribution >= 4 is 17.3 Å². The van der Waals surface area contributed by atoms with E-state index < -0.39 is 0 Å². The molecule has 2 heterocycles. The van der Waals surface area contributed by atoms with Crippen molar-refractivity contribution in [3.8, 4) is 0 Å². The number of imidazole rings is 1. The Morgan fingerprint density at radius 2 is 2.44 bits per heavy atom. The van der Waals surface area contributed by atoms with Gasteiger partial charge in [-0.25, -0.2) is 4.98 Å². The Labute approximate surface area is 113 Å². The van der Waals surface area contributed by atoms with Crippen molar-refractivity contribution in [3.63, 3.8) is 0 Å². The van der Waals surface area contributed by atoms with E-state index in [4.69, 9.17) is 17.0 Å². The van der Waals surface area contributed by atoms with Crippen molar-refractivity contribution in [1.29, 1.82) is 0 Å². The van der Waals surface area contributed by atoms with E-state index in [2.05, 4.69) is 20.2 Å². The maximum atomic E-state index is 5.52. The molecule has 1 saturated heterocycles. The topological polar surface area (TPSA) is 51.1 Å². The monoisotopic (exact) mass is 268 g/mol. The van der Waals surface area contributed by atoms with Crippen LogP contribution in [-0.4, -0.2) is 40.5 Å². The third-order valence-electron chi connectivity index (χ3n) is 2.95. The molecular weight excluding hydrogens is 248 g/mol. The predicted octanol–water partition coefficient (Wildman–Crippen LogP) is 0.916. The molecule has 5 nitrogen and oxygen atoms in total. The predicted molar refractivity (Wildman–Crippen MR) is 74.4 cm³/mol. The van der Waals surface area contributed by atoms with E-state index in [-0.39, 0.29) is 0 Å². The Kier molecular flexibility index (Phi) is 5.41. The highest BCUT2D eigenvalue weighted by Crippen LogP contribution is 2.10. The molecule has 0 radical (unpaired) electrons. The second-order valence-electron chi connectivity index (χ2n) is 4.43. The lowest BCUT2D eigenvalue weighted by molar-refractivity contribution is 0.114. The summed E-state index contributed by atoms with van der Waals surface area (Å²) in [6.45, 7) is 3.53. The lowest BCUT2D eigenvalue weighted by atomic mass is 10.2. The van der Waals surface area contributed by atoms with Crippen LogP contribution in [0.2, 0.25) is 0 Å². The van der Waals surface area contributed by atoms with Gasteiger partial charge in [-0.1, -0.05) is 0 Å². The number of ether oxygens (including phenoxy) is 1. The van der Waals surface area contributed by atoms with Gasteiger partial charge in [-0.05, 0) is 31.5 Å². The zero-order valence-electron chi connectivity index (χ0n) is 10.5. The molecule has 1 fully saturated rings. The molecule has 1 atom stereocenters. The minimum absolute atomic E-state index is 0.329. The van der Waals surface area contributed by atoms with Crippen LogP contribution < -0.4 is 10.6 Å². The van der Waals surface area contributed by atoms with Gasteiger partial charge in [0.1, 0.15) is 0 Å². The van der Waals surface area contributed by atoms with Crippen LogP contribution in [0.1, 0.15) is 19.3 Å². The summed E-state index contributed by atoms with van der Waals surface area (Å²) in [6, 6.07) is 0. The Bertz CT molecular complexity index is 349. The van der Waals surface area contributed by atoms with Crippen LogP contribution in [0.4, 0.5) is 0 Å². The molecule has 0 saturated carbocycles. The van der Waals surface area contributed by atoms with Crippen LogP contribution >= 0.6 is 12.2 Å². The molecule has 18 heavy (non-hydrogen) atoms. The van der Waals surface area contributed by atoms with Crippen LogP contribution in [0.3, 0.4) is 0 Å². The van der Waals surface area contributed by atoms with Gasteiger partial charge in [-0.3, -0.25) is 0 Å². The SMILES string of the molecule is S=C(NCCCn1ccnc1)NCC1CCCO1. The van der Waals surface area contributed by atoms with Crippen LogP contribution in [0.15, 0.2) is 18.7 Å². The van der Waals surface area contributed by atoms with Gasteiger partial charge in [0.05, 0.1) is 12.4 Å². The van der Waals surface area contributed by atoms with Gasteiger partial charge in [0.25, 0.3) is 0 Å². The highest BCUT2D eigenvalue weighted by Gasteiger charge is 2.14. The van der Waals surface area contributed by atoms with Gasteiger partial charge in [-0.15, -0.1) is 0 Å². The highest BCUT2D eigenvalue weighted by atomic mass is 32.1. The van der Waals surface area contributed by atoms with Gasteiger partial charge >= 0.3 is 0 Å². The smallest absolute Gasteiger partial charge is 0.166 e. The number of thiocarbonyl (C=S) groups is 1. The average molecular weight is 268 g/mol. The van der Waals surface area contributed by atoms with E-state index in [0.717, 1.165) is 50.6 Å². The van der Waals surface area contributed by atoms with Crippen molar-refractivity contribution in [3.05, 3.63) is 18.7 Å². The van der Waals surface area contributed by atoms with Gasteiger partial charge in [-0.2, -0.15) is 0 Å². The van der Waals surface area contributed by atoms with Crippen molar-refractivity contribution in [2.24, 2.45) is 0 Å². The summed E-state index contributed by atoms with van der Waals surface area (Å²) in [5.41, 5.74) is 0. The quantitative estimate of drug-likeness (QED) is 0.593. The Morgan fingerprint density at radius 3 is 3.17 bits per heavy atom. The van der Waals surface area contributed by atoms with E-state index in [9.17, 15) is 0 Å². The molecule has 1 aliphatic rings. The molecule has 1 unspecified atom stereocenters. The lowest BCUT2D eigenvalue weighted by Crippen LogP contribution is -2.39. The summed E-state index contributed by atoms with van der Waals surface area (Å²) in [6.07, 6.45) is 9.24. The summed E-state index contributed by atoms with van der Waals surface area (Å²) in [5.74, 6) is 0.